The van der Waals surface area contributed by atoms with Crippen molar-refractivity contribution in [3.8, 4) is 0 Å². The molecule has 1 amide bonds. The van der Waals surface area contributed by atoms with Crippen molar-refractivity contribution >= 4 is 17.5 Å². The second-order valence-corrected chi connectivity index (χ2v) is 5.35. The van der Waals surface area contributed by atoms with Crippen LogP contribution in [0.3, 0.4) is 0 Å². The first-order chi connectivity index (χ1) is 8.95. The van der Waals surface area contributed by atoms with Crippen LogP contribution < -0.4 is 0 Å². The molecule has 0 aromatic carbocycles. The summed E-state index contributed by atoms with van der Waals surface area (Å²) >= 11 is 6.12. The fourth-order valence-corrected chi connectivity index (χ4v) is 2.06. The molecular formula is C14H21ClN2O2. The molecule has 1 aromatic rings. The third-order valence-corrected chi connectivity index (χ3v) is 2.97. The van der Waals surface area contributed by atoms with Gasteiger partial charge >= 0.3 is 0 Å². The second-order valence-electron chi connectivity index (χ2n) is 4.94. The molecule has 0 spiro atoms. The van der Waals surface area contributed by atoms with Crippen molar-refractivity contribution in [1.82, 2.24) is 9.88 Å². The van der Waals surface area contributed by atoms with Crippen LogP contribution in [0.1, 0.15) is 29.9 Å². The first-order valence-corrected chi connectivity index (χ1v) is 6.73. The van der Waals surface area contributed by atoms with Crippen LogP contribution in [0.25, 0.3) is 0 Å². The van der Waals surface area contributed by atoms with Gasteiger partial charge < -0.3 is 9.64 Å². The van der Waals surface area contributed by atoms with E-state index in [0.29, 0.717) is 36.2 Å². The summed E-state index contributed by atoms with van der Waals surface area (Å²) in [6, 6.07) is 1.71. The van der Waals surface area contributed by atoms with Crippen LogP contribution >= 0.6 is 11.6 Å². The van der Waals surface area contributed by atoms with Crippen LogP contribution in [0.15, 0.2) is 12.3 Å². The molecule has 0 aliphatic carbocycles. The molecule has 1 heterocycles. The molecule has 0 aliphatic heterocycles. The lowest BCUT2D eigenvalue weighted by atomic mass is 10.1. The van der Waals surface area contributed by atoms with Gasteiger partial charge in [0.15, 0.2) is 0 Å². The summed E-state index contributed by atoms with van der Waals surface area (Å²) in [5.41, 5.74) is 1.25. The Kier molecular flexibility index (Phi) is 6.25. The zero-order valence-electron chi connectivity index (χ0n) is 11.9. The van der Waals surface area contributed by atoms with Gasteiger partial charge in [-0.15, -0.1) is 0 Å². The van der Waals surface area contributed by atoms with Crippen molar-refractivity contribution in [2.45, 2.75) is 20.8 Å². The Hall–Kier alpha value is -1.13. The lowest BCUT2D eigenvalue weighted by Crippen LogP contribution is -2.37. The maximum absolute atomic E-state index is 12.5. The van der Waals surface area contributed by atoms with Crippen LogP contribution in [-0.2, 0) is 4.74 Å². The largest absolute Gasteiger partial charge is 0.383 e. The summed E-state index contributed by atoms with van der Waals surface area (Å²) in [7, 11) is 1.62. The number of aromatic nitrogens is 1. The number of amides is 1. The summed E-state index contributed by atoms with van der Waals surface area (Å²) in [5.74, 6) is 0.293. The van der Waals surface area contributed by atoms with E-state index >= 15 is 0 Å². The molecule has 0 atom stereocenters. The number of carbonyl (C=O) groups is 1. The summed E-state index contributed by atoms with van der Waals surface area (Å²) < 4.78 is 5.05. The highest BCUT2D eigenvalue weighted by Gasteiger charge is 2.19. The van der Waals surface area contributed by atoms with Gasteiger partial charge in [-0.3, -0.25) is 9.78 Å². The van der Waals surface area contributed by atoms with Gasteiger partial charge in [0.05, 0.1) is 17.2 Å². The maximum atomic E-state index is 12.5. The van der Waals surface area contributed by atoms with Crippen LogP contribution in [0.2, 0.25) is 5.02 Å². The number of pyridine rings is 1. The highest BCUT2D eigenvalue weighted by atomic mass is 35.5. The van der Waals surface area contributed by atoms with E-state index in [2.05, 4.69) is 18.8 Å². The number of ether oxygens (including phenoxy) is 1. The average Bonchev–Trinajstić information content (AvgIpc) is 2.33. The fourth-order valence-electron chi connectivity index (χ4n) is 1.77. The molecule has 1 aromatic heterocycles. The van der Waals surface area contributed by atoms with E-state index in [1.54, 1.807) is 24.3 Å². The Morgan fingerprint density at radius 1 is 1.53 bits per heavy atom. The molecular weight excluding hydrogens is 264 g/mol. The summed E-state index contributed by atoms with van der Waals surface area (Å²) in [5, 5.41) is 0.448. The number of hydrogen-bond donors (Lipinski definition) is 0. The van der Waals surface area contributed by atoms with Crippen molar-refractivity contribution in [3.05, 3.63) is 28.5 Å². The number of methoxy groups -OCH3 is 1. The molecule has 4 nitrogen and oxygen atoms in total. The van der Waals surface area contributed by atoms with Gasteiger partial charge in [-0.05, 0) is 18.9 Å². The highest BCUT2D eigenvalue weighted by Crippen LogP contribution is 2.18. The van der Waals surface area contributed by atoms with Gasteiger partial charge in [0.2, 0.25) is 0 Å². The standard InChI is InChI=1S/C14H21ClN2O2/c1-10(2)9-17(5-6-19-4)14(18)12-8-16-11(3)7-13(12)15/h7-8,10H,5-6,9H2,1-4H3. The topological polar surface area (TPSA) is 42.4 Å². The summed E-state index contributed by atoms with van der Waals surface area (Å²) in [6.07, 6.45) is 1.54. The molecule has 106 valence electrons. The molecule has 0 bridgehead atoms. The van der Waals surface area contributed by atoms with Gasteiger partial charge in [-0.1, -0.05) is 25.4 Å². The maximum Gasteiger partial charge on any atom is 0.257 e. The predicted octanol–water partition coefficient (Wildman–Crippen LogP) is 2.79. The van der Waals surface area contributed by atoms with E-state index < -0.39 is 0 Å². The van der Waals surface area contributed by atoms with Crippen LogP contribution in [0.5, 0.6) is 0 Å². The number of rotatable bonds is 6. The zero-order chi connectivity index (χ0) is 14.4. The van der Waals surface area contributed by atoms with Crippen molar-refractivity contribution in [2.24, 2.45) is 5.92 Å². The normalized spacial score (nSPS) is 10.8. The Morgan fingerprint density at radius 2 is 2.21 bits per heavy atom. The van der Waals surface area contributed by atoms with E-state index in [4.69, 9.17) is 16.3 Å². The third kappa shape index (κ3) is 4.80. The van der Waals surface area contributed by atoms with Crippen LogP contribution in [-0.4, -0.2) is 42.6 Å². The first-order valence-electron chi connectivity index (χ1n) is 6.36. The first kappa shape index (κ1) is 15.9. The molecule has 0 unspecified atom stereocenters. The Morgan fingerprint density at radius 3 is 2.74 bits per heavy atom. The molecule has 0 aliphatic rings. The van der Waals surface area contributed by atoms with Crippen molar-refractivity contribution < 1.29 is 9.53 Å². The van der Waals surface area contributed by atoms with E-state index in [1.165, 1.54) is 0 Å². The van der Waals surface area contributed by atoms with E-state index in [0.717, 1.165) is 5.69 Å². The lowest BCUT2D eigenvalue weighted by Gasteiger charge is -2.24. The number of aryl methyl sites for hydroxylation is 1. The molecule has 0 radical (unpaired) electrons. The molecule has 5 heteroatoms. The predicted molar refractivity (Wildman–Crippen MR) is 76.6 cm³/mol. The van der Waals surface area contributed by atoms with Crippen LogP contribution in [0, 0.1) is 12.8 Å². The molecule has 0 saturated heterocycles. The number of carbonyl (C=O) groups excluding carboxylic acids is 1. The molecule has 0 fully saturated rings. The number of hydrogen-bond acceptors (Lipinski definition) is 3. The monoisotopic (exact) mass is 284 g/mol. The van der Waals surface area contributed by atoms with Crippen molar-refractivity contribution in [2.75, 3.05) is 26.8 Å². The Bertz CT molecular complexity index is 435. The van der Waals surface area contributed by atoms with Crippen LogP contribution in [0.4, 0.5) is 0 Å². The number of nitrogens with zero attached hydrogens (tertiary/aromatic N) is 2. The zero-order valence-corrected chi connectivity index (χ0v) is 12.7. The Balaban J connectivity index is 2.90. The van der Waals surface area contributed by atoms with E-state index in [-0.39, 0.29) is 5.91 Å². The molecule has 0 saturated carbocycles. The van der Waals surface area contributed by atoms with Gasteiger partial charge in [-0.2, -0.15) is 0 Å². The minimum absolute atomic E-state index is 0.0942. The fraction of sp³-hybridized carbons (Fsp3) is 0.571. The molecule has 0 N–H and O–H groups in total. The number of halogens is 1. The lowest BCUT2D eigenvalue weighted by molar-refractivity contribution is 0.0672. The van der Waals surface area contributed by atoms with Gasteiger partial charge in [0.25, 0.3) is 5.91 Å². The second kappa shape index (κ2) is 7.46. The average molecular weight is 285 g/mol. The minimum Gasteiger partial charge on any atom is -0.383 e. The highest BCUT2D eigenvalue weighted by molar-refractivity contribution is 6.33. The molecule has 19 heavy (non-hydrogen) atoms. The van der Waals surface area contributed by atoms with Crippen molar-refractivity contribution in [1.29, 1.82) is 0 Å². The summed E-state index contributed by atoms with van der Waals surface area (Å²) in [6.45, 7) is 7.72. The SMILES string of the molecule is COCCN(CC(C)C)C(=O)c1cnc(C)cc1Cl. The van der Waals surface area contributed by atoms with Gasteiger partial charge in [0.1, 0.15) is 0 Å². The van der Waals surface area contributed by atoms with E-state index in [9.17, 15) is 4.79 Å². The van der Waals surface area contributed by atoms with Gasteiger partial charge in [0, 0.05) is 32.1 Å². The minimum atomic E-state index is -0.0942. The summed E-state index contributed by atoms with van der Waals surface area (Å²) in [4.78, 5) is 18.4. The molecule has 1 rings (SSSR count). The Labute approximate surface area is 119 Å². The van der Waals surface area contributed by atoms with Gasteiger partial charge in [-0.25, -0.2) is 0 Å². The quantitative estimate of drug-likeness (QED) is 0.807. The van der Waals surface area contributed by atoms with E-state index in [1.807, 2.05) is 6.92 Å². The van der Waals surface area contributed by atoms with Crippen molar-refractivity contribution in [3.63, 3.8) is 0 Å². The smallest absolute Gasteiger partial charge is 0.257 e. The third-order valence-electron chi connectivity index (χ3n) is 2.66.